The van der Waals surface area contributed by atoms with Gasteiger partial charge in [-0.2, -0.15) is 17.2 Å². The zero-order valence-electron chi connectivity index (χ0n) is 21.5. The number of rotatable bonds is 12. The van der Waals surface area contributed by atoms with Gasteiger partial charge in [0.15, 0.2) is 6.10 Å². The molecule has 0 aromatic heterocycles. The molecule has 0 radical (unpaired) electrons. The number of esters is 4. The predicted molar refractivity (Wildman–Crippen MR) is 123 cm³/mol. The van der Waals surface area contributed by atoms with E-state index in [4.69, 9.17) is 23.5 Å². The molecule has 15 heteroatoms. The molecule has 3 saturated carbocycles. The van der Waals surface area contributed by atoms with Crippen LogP contribution >= 0.6 is 0 Å². The van der Waals surface area contributed by atoms with Crippen LogP contribution in [0.2, 0.25) is 0 Å². The van der Waals surface area contributed by atoms with Crippen molar-refractivity contribution in [2.45, 2.75) is 88.0 Å². The van der Waals surface area contributed by atoms with E-state index in [-0.39, 0.29) is 5.92 Å². The van der Waals surface area contributed by atoms with Crippen LogP contribution in [0.5, 0.6) is 0 Å². The monoisotopic (exact) mass is 582 g/mol. The molecular weight excluding hydrogens is 550 g/mol. The van der Waals surface area contributed by atoms with Crippen molar-refractivity contribution in [3.8, 4) is 0 Å². The standard InChI is InChI=1S/C24H32F2O12S/c1-3-6-23(7-4-5-8-23)38-22(30)18-14-9-13-17(18)21(29)37-20(13)19(14)36-16(28)11-34-10-15(27)35-12(2)24(25,26)39(31,32)33/h12-14,17-20H,3-11H2,1-2H3,(H,31,32,33). The Labute approximate surface area is 223 Å². The van der Waals surface area contributed by atoms with Crippen LogP contribution in [0.3, 0.4) is 0 Å². The smallest absolute Gasteiger partial charge is 0.405 e. The molecule has 1 heterocycles. The second-order valence-corrected chi connectivity index (χ2v) is 12.2. The van der Waals surface area contributed by atoms with Gasteiger partial charge in [-0.25, -0.2) is 9.59 Å². The molecule has 1 saturated heterocycles. The van der Waals surface area contributed by atoms with E-state index in [2.05, 4.69) is 4.74 Å². The van der Waals surface area contributed by atoms with Crippen molar-refractivity contribution in [3.05, 3.63) is 0 Å². The van der Waals surface area contributed by atoms with Gasteiger partial charge < -0.3 is 23.7 Å². The summed E-state index contributed by atoms with van der Waals surface area (Å²) in [5.41, 5.74) is -0.549. The molecule has 1 N–H and O–H groups in total. The van der Waals surface area contributed by atoms with Gasteiger partial charge in [0.1, 0.15) is 31.0 Å². The second kappa shape index (κ2) is 10.9. The highest BCUT2D eigenvalue weighted by Crippen LogP contribution is 2.59. The average molecular weight is 583 g/mol. The number of carbonyl (C=O) groups is 4. The van der Waals surface area contributed by atoms with Crippen molar-refractivity contribution in [1.82, 2.24) is 0 Å². The van der Waals surface area contributed by atoms with Crippen LogP contribution in [-0.2, 0) is 53.0 Å². The maximum Gasteiger partial charge on any atom is 0.405 e. The Kier molecular flexibility index (Phi) is 8.26. The minimum absolute atomic E-state index is 0.301. The number of alkyl halides is 2. The Balaban J connectivity index is 1.32. The van der Waals surface area contributed by atoms with E-state index in [0.29, 0.717) is 13.3 Å². The zero-order valence-corrected chi connectivity index (χ0v) is 22.3. The highest BCUT2D eigenvalue weighted by molar-refractivity contribution is 7.86. The summed E-state index contributed by atoms with van der Waals surface area (Å²) in [4.78, 5) is 50.1. The number of ether oxygens (including phenoxy) is 5. The summed E-state index contributed by atoms with van der Waals surface area (Å²) in [6.45, 7) is 0.776. The SMILES string of the molecule is CCCC1(OC(=O)C2C3CC4C(OC(=O)C42)C3OC(=O)COCC(=O)OC(C)C(F)(F)S(=O)(=O)O)CCCC1. The van der Waals surface area contributed by atoms with E-state index < -0.39 is 94.1 Å². The molecule has 0 aromatic rings. The Morgan fingerprint density at radius 1 is 1.15 bits per heavy atom. The molecule has 12 nitrogen and oxygen atoms in total. The van der Waals surface area contributed by atoms with Gasteiger partial charge in [0.05, 0.1) is 11.8 Å². The van der Waals surface area contributed by atoms with Crippen LogP contribution in [0.25, 0.3) is 0 Å². The highest BCUT2D eigenvalue weighted by atomic mass is 32.2. The van der Waals surface area contributed by atoms with Crippen LogP contribution < -0.4 is 0 Å². The first-order valence-electron chi connectivity index (χ1n) is 13.0. The normalized spacial score (nSPS) is 31.6. The fourth-order valence-corrected chi connectivity index (χ4v) is 7.01. The van der Waals surface area contributed by atoms with Crippen LogP contribution in [0, 0.1) is 23.7 Å². The lowest BCUT2D eigenvalue weighted by Crippen LogP contribution is -2.46. The third kappa shape index (κ3) is 5.62. The number of hydrogen-bond acceptors (Lipinski definition) is 11. The molecule has 4 aliphatic rings. The molecular formula is C24H32F2O12S. The minimum Gasteiger partial charge on any atom is -0.459 e. The predicted octanol–water partition coefficient (Wildman–Crippen LogP) is 1.79. The van der Waals surface area contributed by atoms with Crippen LogP contribution in [0.15, 0.2) is 0 Å². The molecule has 0 aromatic carbocycles. The van der Waals surface area contributed by atoms with E-state index in [1.165, 1.54) is 0 Å². The lowest BCUT2D eigenvalue weighted by Gasteiger charge is -2.34. The molecule has 4 fully saturated rings. The molecule has 7 unspecified atom stereocenters. The second-order valence-electron chi connectivity index (χ2n) is 10.7. The van der Waals surface area contributed by atoms with Gasteiger partial charge in [-0.3, -0.25) is 14.1 Å². The number of hydrogen-bond donors (Lipinski definition) is 1. The van der Waals surface area contributed by atoms with Gasteiger partial charge in [0, 0.05) is 11.8 Å². The van der Waals surface area contributed by atoms with Crippen molar-refractivity contribution >= 4 is 34.0 Å². The number of halogens is 2. The maximum atomic E-state index is 13.5. The fraction of sp³-hybridized carbons (Fsp3) is 0.833. The van der Waals surface area contributed by atoms with Gasteiger partial charge >= 0.3 is 39.2 Å². The summed E-state index contributed by atoms with van der Waals surface area (Å²) >= 11 is 0. The Bertz CT molecular complexity index is 1100. The lowest BCUT2D eigenvalue weighted by molar-refractivity contribution is -0.178. The highest BCUT2D eigenvalue weighted by Gasteiger charge is 2.70. The maximum absolute atomic E-state index is 13.5. The van der Waals surface area contributed by atoms with E-state index in [9.17, 15) is 36.4 Å². The van der Waals surface area contributed by atoms with Crippen molar-refractivity contribution in [1.29, 1.82) is 0 Å². The van der Waals surface area contributed by atoms with Gasteiger partial charge in [0.2, 0.25) is 0 Å². The molecule has 0 amide bonds. The zero-order chi connectivity index (χ0) is 28.8. The molecule has 3 aliphatic carbocycles. The first-order valence-corrected chi connectivity index (χ1v) is 14.4. The Morgan fingerprint density at radius 2 is 1.79 bits per heavy atom. The van der Waals surface area contributed by atoms with Gasteiger partial charge in [-0.1, -0.05) is 13.3 Å². The van der Waals surface area contributed by atoms with Gasteiger partial charge in [-0.05, 0) is 45.4 Å². The van der Waals surface area contributed by atoms with E-state index in [1.807, 2.05) is 6.92 Å². The van der Waals surface area contributed by atoms with E-state index >= 15 is 0 Å². The summed E-state index contributed by atoms with van der Waals surface area (Å²) < 4.78 is 83.1. The summed E-state index contributed by atoms with van der Waals surface area (Å²) in [6, 6.07) is 0. The quantitative estimate of drug-likeness (QED) is 0.201. The first kappa shape index (κ1) is 29.6. The van der Waals surface area contributed by atoms with Crippen LogP contribution in [0.4, 0.5) is 8.78 Å². The largest absolute Gasteiger partial charge is 0.459 e. The summed E-state index contributed by atoms with van der Waals surface area (Å²) in [5, 5.41) is -4.74. The summed E-state index contributed by atoms with van der Waals surface area (Å²) in [5.74, 6) is -5.66. The minimum atomic E-state index is -5.83. The lowest BCUT2D eigenvalue weighted by atomic mass is 9.78. The molecule has 220 valence electrons. The topological polar surface area (TPSA) is 169 Å². The first-order chi connectivity index (χ1) is 18.2. The van der Waals surface area contributed by atoms with Gasteiger partial charge in [0.25, 0.3) is 0 Å². The van der Waals surface area contributed by atoms with Crippen molar-refractivity contribution in [3.63, 3.8) is 0 Å². The molecule has 39 heavy (non-hydrogen) atoms. The molecule has 1 aliphatic heterocycles. The van der Waals surface area contributed by atoms with Crippen LogP contribution in [0.1, 0.15) is 58.8 Å². The van der Waals surface area contributed by atoms with Crippen molar-refractivity contribution in [2.75, 3.05) is 13.2 Å². The van der Waals surface area contributed by atoms with E-state index in [0.717, 1.165) is 38.5 Å². The molecule has 7 atom stereocenters. The molecule has 0 spiro atoms. The Morgan fingerprint density at radius 3 is 2.41 bits per heavy atom. The number of carbonyl (C=O) groups excluding carboxylic acids is 4. The summed E-state index contributed by atoms with van der Waals surface area (Å²) in [6.07, 6.45) is 1.27. The van der Waals surface area contributed by atoms with Crippen molar-refractivity contribution in [2.24, 2.45) is 23.7 Å². The molecule has 2 bridgehead atoms. The fourth-order valence-electron chi connectivity index (χ4n) is 6.54. The van der Waals surface area contributed by atoms with Crippen molar-refractivity contribution < 1.29 is 64.6 Å². The molecule has 4 rings (SSSR count). The average Bonchev–Trinajstić information content (AvgIpc) is 3.57. The third-order valence-electron chi connectivity index (χ3n) is 8.19. The van der Waals surface area contributed by atoms with Gasteiger partial charge in [-0.15, -0.1) is 0 Å². The van der Waals surface area contributed by atoms with Crippen LogP contribution in [-0.4, -0.2) is 79.2 Å². The third-order valence-corrected chi connectivity index (χ3v) is 9.21. The number of fused-ring (bicyclic) bond motifs is 1. The van der Waals surface area contributed by atoms with E-state index in [1.54, 1.807) is 0 Å². The summed E-state index contributed by atoms with van der Waals surface area (Å²) in [7, 11) is -5.83. The Hall–Kier alpha value is -2.39.